The number of nitrogens with zero attached hydrogens (tertiary/aromatic N) is 2. The smallest absolute Gasteiger partial charge is 0.312 e. The number of imide groups is 1. The van der Waals surface area contributed by atoms with Crippen LogP contribution in [0.2, 0.25) is 0 Å². The molecule has 2 heterocycles. The first-order valence-corrected chi connectivity index (χ1v) is 7.84. The average molecular weight is 334 g/mol. The molecule has 128 valence electrons. The number of hydrogen-bond donors (Lipinski definition) is 2. The van der Waals surface area contributed by atoms with Crippen molar-refractivity contribution in [2.45, 2.75) is 38.5 Å². The van der Waals surface area contributed by atoms with Crippen molar-refractivity contribution in [3.05, 3.63) is 24.3 Å². The minimum absolute atomic E-state index is 0.318. The maximum absolute atomic E-state index is 12.4. The monoisotopic (exact) mass is 334 g/mol. The summed E-state index contributed by atoms with van der Waals surface area (Å²) >= 11 is 0. The van der Waals surface area contributed by atoms with Crippen LogP contribution in [0.3, 0.4) is 0 Å². The van der Waals surface area contributed by atoms with Crippen LogP contribution in [0.4, 0.5) is 0 Å². The average Bonchev–Trinajstić information content (AvgIpc) is 3.08. The molecule has 0 spiro atoms. The number of ether oxygens (including phenoxy) is 1. The van der Waals surface area contributed by atoms with E-state index in [1.165, 1.54) is 12.1 Å². The second-order valence-corrected chi connectivity index (χ2v) is 5.90. The quantitative estimate of drug-likeness (QED) is 0.636. The minimum atomic E-state index is -1.57. The summed E-state index contributed by atoms with van der Waals surface area (Å²) in [4.78, 5) is 37.0. The van der Waals surface area contributed by atoms with Gasteiger partial charge in [-0.3, -0.25) is 14.4 Å². The highest BCUT2D eigenvalue weighted by molar-refractivity contribution is 6.13. The first-order chi connectivity index (χ1) is 11.5. The predicted octanol–water partition coefficient (Wildman–Crippen LogP) is 1.40. The number of amides is 2. The Morgan fingerprint density at radius 1 is 1.04 bits per heavy atom. The van der Waals surface area contributed by atoms with Gasteiger partial charge in [0.2, 0.25) is 0 Å². The molecular weight excluding hydrogens is 316 g/mol. The van der Waals surface area contributed by atoms with E-state index >= 15 is 0 Å². The van der Waals surface area contributed by atoms with E-state index in [1.54, 1.807) is 0 Å². The molecular formula is C16H18N2O6. The summed E-state index contributed by atoms with van der Waals surface area (Å²) in [5.74, 6) is -3.10. The Morgan fingerprint density at radius 3 is 2.12 bits per heavy atom. The lowest BCUT2D eigenvalue weighted by molar-refractivity contribution is -0.181. The van der Waals surface area contributed by atoms with Crippen molar-refractivity contribution in [3.63, 3.8) is 0 Å². The summed E-state index contributed by atoms with van der Waals surface area (Å²) in [5, 5.41) is 19.8. The van der Waals surface area contributed by atoms with E-state index in [0.29, 0.717) is 17.7 Å². The van der Waals surface area contributed by atoms with E-state index in [-0.39, 0.29) is 5.92 Å². The van der Waals surface area contributed by atoms with Crippen molar-refractivity contribution in [1.29, 1.82) is 0 Å². The fourth-order valence-corrected chi connectivity index (χ4v) is 3.04. The molecule has 1 aliphatic heterocycles. The van der Waals surface area contributed by atoms with Crippen LogP contribution in [0.15, 0.2) is 24.3 Å². The highest BCUT2D eigenvalue weighted by Gasteiger charge is 2.38. The SMILES string of the molecule is O=C(OC(N1C(=O)C=CC1=O)n1c(O)ccc1O)C1CCCCC1. The van der Waals surface area contributed by atoms with Gasteiger partial charge in [-0.1, -0.05) is 19.3 Å². The van der Waals surface area contributed by atoms with Crippen molar-refractivity contribution in [3.8, 4) is 11.8 Å². The molecule has 8 nitrogen and oxygen atoms in total. The van der Waals surface area contributed by atoms with Crippen molar-refractivity contribution in [2.24, 2.45) is 5.92 Å². The molecule has 1 aromatic heterocycles. The number of esters is 1. The van der Waals surface area contributed by atoms with Crippen LogP contribution < -0.4 is 0 Å². The van der Waals surface area contributed by atoms with Gasteiger partial charge in [0.25, 0.3) is 18.2 Å². The molecule has 2 amide bonds. The third-order valence-electron chi connectivity index (χ3n) is 4.32. The number of carbonyl (C=O) groups is 3. The zero-order chi connectivity index (χ0) is 17.3. The Kier molecular flexibility index (Phi) is 4.28. The van der Waals surface area contributed by atoms with E-state index in [2.05, 4.69) is 0 Å². The lowest BCUT2D eigenvalue weighted by Crippen LogP contribution is -2.41. The van der Waals surface area contributed by atoms with Crippen LogP contribution in [-0.4, -0.2) is 37.5 Å². The second kappa shape index (κ2) is 6.38. The van der Waals surface area contributed by atoms with E-state index in [0.717, 1.165) is 36.0 Å². The lowest BCUT2D eigenvalue weighted by Gasteiger charge is -2.30. The Balaban J connectivity index is 1.89. The number of rotatable bonds is 4. The van der Waals surface area contributed by atoms with Gasteiger partial charge in [-0.2, -0.15) is 0 Å². The van der Waals surface area contributed by atoms with Crippen molar-refractivity contribution >= 4 is 17.8 Å². The van der Waals surface area contributed by atoms with Gasteiger partial charge in [-0.15, -0.1) is 0 Å². The molecule has 24 heavy (non-hydrogen) atoms. The lowest BCUT2D eigenvalue weighted by atomic mass is 9.89. The molecule has 1 unspecified atom stereocenters. The number of aromatic hydroxyl groups is 2. The Labute approximate surface area is 137 Å². The first kappa shape index (κ1) is 16.1. The van der Waals surface area contributed by atoms with Crippen molar-refractivity contribution < 1.29 is 29.3 Å². The van der Waals surface area contributed by atoms with Crippen molar-refractivity contribution in [1.82, 2.24) is 9.47 Å². The van der Waals surface area contributed by atoms with E-state index < -0.39 is 35.9 Å². The molecule has 0 saturated heterocycles. The van der Waals surface area contributed by atoms with Gasteiger partial charge in [0.1, 0.15) is 0 Å². The summed E-state index contributed by atoms with van der Waals surface area (Å²) in [5.41, 5.74) is 0. The number of aromatic nitrogens is 1. The Bertz CT molecular complexity index is 664. The topological polar surface area (TPSA) is 109 Å². The predicted molar refractivity (Wildman–Crippen MR) is 80.5 cm³/mol. The van der Waals surface area contributed by atoms with Gasteiger partial charge < -0.3 is 14.9 Å². The zero-order valence-corrected chi connectivity index (χ0v) is 12.9. The summed E-state index contributed by atoms with van der Waals surface area (Å²) in [7, 11) is 0. The van der Waals surface area contributed by atoms with Crippen LogP contribution in [0, 0.1) is 5.92 Å². The summed E-state index contributed by atoms with van der Waals surface area (Å²) in [6.45, 7) is 0. The van der Waals surface area contributed by atoms with Crippen LogP contribution >= 0.6 is 0 Å². The number of carbonyl (C=O) groups excluding carboxylic acids is 3. The molecule has 2 aliphatic rings. The second-order valence-electron chi connectivity index (χ2n) is 5.90. The molecule has 3 rings (SSSR count). The molecule has 1 fully saturated rings. The summed E-state index contributed by atoms with van der Waals surface area (Å²) < 4.78 is 6.19. The Hall–Kier alpha value is -2.77. The maximum Gasteiger partial charge on any atom is 0.312 e. The molecule has 1 aromatic rings. The van der Waals surface area contributed by atoms with Crippen LogP contribution in [-0.2, 0) is 19.1 Å². The van der Waals surface area contributed by atoms with E-state index in [9.17, 15) is 24.6 Å². The van der Waals surface area contributed by atoms with Gasteiger partial charge in [-0.25, -0.2) is 9.47 Å². The normalized spacial score (nSPS) is 19.8. The molecule has 0 radical (unpaired) electrons. The van der Waals surface area contributed by atoms with E-state index in [4.69, 9.17) is 4.74 Å². The van der Waals surface area contributed by atoms with Crippen molar-refractivity contribution in [2.75, 3.05) is 0 Å². The molecule has 1 saturated carbocycles. The maximum atomic E-state index is 12.4. The summed E-state index contributed by atoms with van der Waals surface area (Å²) in [6, 6.07) is 2.35. The van der Waals surface area contributed by atoms with Gasteiger partial charge in [0, 0.05) is 24.3 Å². The van der Waals surface area contributed by atoms with Gasteiger partial charge in [0.05, 0.1) is 5.92 Å². The largest absolute Gasteiger partial charge is 0.494 e. The first-order valence-electron chi connectivity index (χ1n) is 7.84. The third kappa shape index (κ3) is 2.86. The number of hydrogen-bond acceptors (Lipinski definition) is 6. The fraction of sp³-hybridized carbons (Fsp3) is 0.438. The van der Waals surface area contributed by atoms with Gasteiger partial charge in [0.15, 0.2) is 11.8 Å². The van der Waals surface area contributed by atoms with Crippen LogP contribution in [0.25, 0.3) is 0 Å². The standard InChI is InChI=1S/C16H18N2O6/c19-11-6-7-12(20)17(11)16(18-13(21)8-9-14(18)22)24-15(23)10-4-2-1-3-5-10/h6-10,16,19-20H,1-5H2. The fourth-order valence-electron chi connectivity index (χ4n) is 3.04. The third-order valence-corrected chi connectivity index (χ3v) is 4.32. The van der Waals surface area contributed by atoms with E-state index in [1.807, 2.05) is 0 Å². The van der Waals surface area contributed by atoms with Gasteiger partial charge >= 0.3 is 5.97 Å². The van der Waals surface area contributed by atoms with Crippen LogP contribution in [0.1, 0.15) is 38.5 Å². The highest BCUT2D eigenvalue weighted by Crippen LogP contribution is 2.33. The molecule has 0 aromatic carbocycles. The Morgan fingerprint density at radius 2 is 1.58 bits per heavy atom. The zero-order valence-electron chi connectivity index (χ0n) is 12.9. The molecule has 0 bridgehead atoms. The highest BCUT2D eigenvalue weighted by atomic mass is 16.6. The summed E-state index contributed by atoms with van der Waals surface area (Å²) in [6.07, 6.45) is 4.75. The van der Waals surface area contributed by atoms with Gasteiger partial charge in [-0.05, 0) is 12.8 Å². The molecule has 1 atom stereocenters. The molecule has 8 heteroatoms. The minimum Gasteiger partial charge on any atom is -0.494 e. The van der Waals surface area contributed by atoms with Crippen LogP contribution in [0.5, 0.6) is 11.8 Å². The molecule has 1 aliphatic carbocycles. The molecule has 2 N–H and O–H groups in total.